The van der Waals surface area contributed by atoms with E-state index in [-0.39, 0.29) is 12.5 Å². The summed E-state index contributed by atoms with van der Waals surface area (Å²) in [4.78, 5) is 16.4. The van der Waals surface area contributed by atoms with Crippen molar-refractivity contribution in [3.63, 3.8) is 0 Å². The number of oxazole rings is 1. The summed E-state index contributed by atoms with van der Waals surface area (Å²) in [5.41, 5.74) is 3.62. The van der Waals surface area contributed by atoms with Gasteiger partial charge in [0.25, 0.3) is 5.91 Å². The lowest BCUT2D eigenvalue weighted by atomic mass is 10.1. The van der Waals surface area contributed by atoms with Crippen LogP contribution in [0.5, 0.6) is 5.75 Å². The zero-order valence-corrected chi connectivity index (χ0v) is 14.5. The standard InChI is InChI=1S/C20H20N2O3/c1-13-4-10-18(11-5-13)24-12-19(23)22-17-8-6-16(7-9-17)20-14(2)25-15(3)21-20/h4-11H,12H2,1-3H3,(H,22,23). The lowest BCUT2D eigenvalue weighted by molar-refractivity contribution is -0.118. The minimum Gasteiger partial charge on any atom is -0.484 e. The predicted octanol–water partition coefficient (Wildman–Crippen LogP) is 4.28. The Balaban J connectivity index is 1.58. The molecule has 3 aromatic rings. The van der Waals surface area contributed by atoms with Crippen LogP contribution in [-0.2, 0) is 4.79 Å². The Morgan fingerprint density at radius 2 is 1.72 bits per heavy atom. The number of nitrogens with one attached hydrogen (secondary N) is 1. The third-order valence-electron chi connectivity index (χ3n) is 3.74. The first kappa shape index (κ1) is 16.8. The summed E-state index contributed by atoms with van der Waals surface area (Å²) in [5.74, 6) is 1.88. The van der Waals surface area contributed by atoms with Gasteiger partial charge < -0.3 is 14.5 Å². The van der Waals surface area contributed by atoms with Gasteiger partial charge in [0.05, 0.1) is 0 Å². The molecule has 0 aliphatic rings. The van der Waals surface area contributed by atoms with Crippen LogP contribution in [0, 0.1) is 20.8 Å². The minimum atomic E-state index is -0.207. The summed E-state index contributed by atoms with van der Waals surface area (Å²) in [6.07, 6.45) is 0. The molecule has 5 nitrogen and oxygen atoms in total. The number of amides is 1. The SMILES string of the molecule is Cc1ccc(OCC(=O)Nc2ccc(-c3nc(C)oc3C)cc2)cc1. The Hall–Kier alpha value is -3.08. The van der Waals surface area contributed by atoms with Crippen molar-refractivity contribution in [3.05, 3.63) is 65.7 Å². The highest BCUT2D eigenvalue weighted by Gasteiger charge is 2.10. The van der Waals surface area contributed by atoms with E-state index in [1.54, 1.807) is 0 Å². The summed E-state index contributed by atoms with van der Waals surface area (Å²) in [5, 5.41) is 2.81. The quantitative estimate of drug-likeness (QED) is 0.755. The van der Waals surface area contributed by atoms with Crippen molar-refractivity contribution in [2.45, 2.75) is 20.8 Å². The highest BCUT2D eigenvalue weighted by atomic mass is 16.5. The van der Waals surface area contributed by atoms with Crippen molar-refractivity contribution in [2.75, 3.05) is 11.9 Å². The summed E-state index contributed by atoms with van der Waals surface area (Å²) in [7, 11) is 0. The number of carbonyl (C=O) groups is 1. The molecule has 0 aliphatic carbocycles. The van der Waals surface area contributed by atoms with Gasteiger partial charge in [-0.25, -0.2) is 4.98 Å². The molecule has 0 saturated carbocycles. The van der Waals surface area contributed by atoms with E-state index in [0.29, 0.717) is 17.3 Å². The number of hydrogen-bond acceptors (Lipinski definition) is 4. The molecule has 0 radical (unpaired) electrons. The van der Waals surface area contributed by atoms with Crippen LogP contribution in [0.15, 0.2) is 52.9 Å². The fraction of sp³-hybridized carbons (Fsp3) is 0.200. The van der Waals surface area contributed by atoms with Crippen LogP contribution in [0.2, 0.25) is 0 Å². The third-order valence-corrected chi connectivity index (χ3v) is 3.74. The molecular weight excluding hydrogens is 316 g/mol. The van der Waals surface area contributed by atoms with Gasteiger partial charge in [-0.2, -0.15) is 0 Å². The van der Waals surface area contributed by atoms with E-state index >= 15 is 0 Å². The third kappa shape index (κ3) is 4.26. The van der Waals surface area contributed by atoms with Gasteiger partial charge in [0.2, 0.25) is 0 Å². The second-order valence-corrected chi connectivity index (χ2v) is 5.86. The molecule has 5 heteroatoms. The maximum Gasteiger partial charge on any atom is 0.262 e. The molecule has 1 aromatic heterocycles. The molecule has 3 rings (SSSR count). The summed E-state index contributed by atoms with van der Waals surface area (Å²) >= 11 is 0. The fourth-order valence-electron chi connectivity index (χ4n) is 2.49. The monoisotopic (exact) mass is 336 g/mol. The average molecular weight is 336 g/mol. The molecule has 0 fully saturated rings. The molecule has 0 unspecified atom stereocenters. The molecule has 0 atom stereocenters. The molecule has 0 aliphatic heterocycles. The van der Waals surface area contributed by atoms with E-state index in [2.05, 4.69) is 10.3 Å². The zero-order chi connectivity index (χ0) is 17.8. The number of rotatable bonds is 5. The number of ether oxygens (including phenoxy) is 1. The number of anilines is 1. The molecule has 25 heavy (non-hydrogen) atoms. The van der Waals surface area contributed by atoms with E-state index < -0.39 is 0 Å². The van der Waals surface area contributed by atoms with Gasteiger partial charge in [-0.1, -0.05) is 29.8 Å². The number of nitrogens with zero attached hydrogens (tertiary/aromatic N) is 1. The average Bonchev–Trinajstić information content (AvgIpc) is 2.93. The predicted molar refractivity (Wildman–Crippen MR) is 96.7 cm³/mol. The number of hydrogen-bond donors (Lipinski definition) is 1. The molecule has 0 spiro atoms. The molecule has 128 valence electrons. The van der Waals surface area contributed by atoms with Crippen molar-refractivity contribution in [3.8, 4) is 17.0 Å². The van der Waals surface area contributed by atoms with Crippen molar-refractivity contribution < 1.29 is 13.9 Å². The van der Waals surface area contributed by atoms with Crippen molar-refractivity contribution in [1.29, 1.82) is 0 Å². The maximum atomic E-state index is 12.0. The van der Waals surface area contributed by atoms with Crippen LogP contribution in [0.4, 0.5) is 5.69 Å². The van der Waals surface area contributed by atoms with E-state index in [4.69, 9.17) is 9.15 Å². The van der Waals surface area contributed by atoms with Crippen LogP contribution in [0.1, 0.15) is 17.2 Å². The van der Waals surface area contributed by atoms with Gasteiger partial charge in [-0.15, -0.1) is 0 Å². The van der Waals surface area contributed by atoms with E-state index in [0.717, 1.165) is 22.6 Å². The Kier molecular flexibility index (Phi) is 4.84. The van der Waals surface area contributed by atoms with Crippen LogP contribution >= 0.6 is 0 Å². The zero-order valence-electron chi connectivity index (χ0n) is 14.5. The summed E-state index contributed by atoms with van der Waals surface area (Å²) in [6, 6.07) is 15.1. The Morgan fingerprint density at radius 1 is 1.04 bits per heavy atom. The molecule has 1 amide bonds. The normalized spacial score (nSPS) is 10.5. The molecular formula is C20H20N2O3. The van der Waals surface area contributed by atoms with Crippen LogP contribution < -0.4 is 10.1 Å². The van der Waals surface area contributed by atoms with Gasteiger partial charge in [0.1, 0.15) is 17.2 Å². The Labute approximate surface area is 146 Å². The number of benzene rings is 2. The summed E-state index contributed by atoms with van der Waals surface area (Å²) < 4.78 is 10.9. The largest absolute Gasteiger partial charge is 0.484 e. The second-order valence-electron chi connectivity index (χ2n) is 5.86. The molecule has 1 heterocycles. The van der Waals surface area contributed by atoms with Gasteiger partial charge in [0, 0.05) is 18.2 Å². The minimum absolute atomic E-state index is 0.0353. The van der Waals surface area contributed by atoms with Crippen molar-refractivity contribution >= 4 is 11.6 Å². The first-order valence-corrected chi connectivity index (χ1v) is 8.05. The molecule has 0 bridgehead atoms. The number of aromatic nitrogens is 1. The summed E-state index contributed by atoms with van der Waals surface area (Å²) in [6.45, 7) is 5.67. The lowest BCUT2D eigenvalue weighted by Gasteiger charge is -2.08. The van der Waals surface area contributed by atoms with Crippen LogP contribution in [-0.4, -0.2) is 17.5 Å². The highest BCUT2D eigenvalue weighted by Crippen LogP contribution is 2.24. The van der Waals surface area contributed by atoms with E-state index in [9.17, 15) is 4.79 Å². The molecule has 0 saturated heterocycles. The Bertz CT molecular complexity index is 865. The number of carbonyl (C=O) groups excluding carboxylic acids is 1. The van der Waals surface area contributed by atoms with Crippen molar-refractivity contribution in [2.24, 2.45) is 0 Å². The van der Waals surface area contributed by atoms with Gasteiger partial charge in [-0.3, -0.25) is 4.79 Å². The highest BCUT2D eigenvalue weighted by molar-refractivity contribution is 5.92. The van der Waals surface area contributed by atoms with Crippen LogP contribution in [0.25, 0.3) is 11.3 Å². The topological polar surface area (TPSA) is 64.4 Å². The molecule has 2 aromatic carbocycles. The maximum absolute atomic E-state index is 12.0. The van der Waals surface area contributed by atoms with E-state index in [1.165, 1.54) is 0 Å². The van der Waals surface area contributed by atoms with E-state index in [1.807, 2.05) is 69.3 Å². The van der Waals surface area contributed by atoms with Gasteiger partial charge in [0.15, 0.2) is 12.5 Å². The molecule has 1 N–H and O–H groups in total. The lowest BCUT2D eigenvalue weighted by Crippen LogP contribution is -2.20. The Morgan fingerprint density at radius 3 is 2.32 bits per heavy atom. The van der Waals surface area contributed by atoms with Gasteiger partial charge in [-0.05, 0) is 38.1 Å². The van der Waals surface area contributed by atoms with Gasteiger partial charge >= 0.3 is 0 Å². The fourth-order valence-corrected chi connectivity index (χ4v) is 2.49. The smallest absolute Gasteiger partial charge is 0.262 e. The second kappa shape index (κ2) is 7.21. The van der Waals surface area contributed by atoms with Crippen LogP contribution in [0.3, 0.4) is 0 Å². The first-order chi connectivity index (χ1) is 12.0. The van der Waals surface area contributed by atoms with Crippen molar-refractivity contribution in [1.82, 2.24) is 4.98 Å². The first-order valence-electron chi connectivity index (χ1n) is 8.05. The number of aryl methyl sites for hydroxylation is 3.